The number of rotatable bonds is 7. The molecule has 14 rings (SSSR count). The fourth-order valence-corrected chi connectivity index (χ4v) is 12.2. The fourth-order valence-electron chi connectivity index (χ4n) is 12.2. The highest BCUT2D eigenvalue weighted by atomic mass is 15.1. The standard InChI is InChI=1S/C70H44N2/c71-45-48-33-38-52(39-34-48)72(51-17-2-1-3-18-51)53-40-42-58-57-41-35-47(43-66(57)70(67(58)44-53)64-27-12-10-20-55(64)56-21-11-13-28-65(56)70)30-29-46-31-36-50(37-32-46)68-60-22-6-8-24-62(60)69(63-25-9-7-23-61(63)68)59-26-14-16-49-15-4-5-19-54(49)59/h1-44H/b30-29+. The quantitative estimate of drug-likeness (QED) is 0.118. The van der Waals surface area contributed by atoms with E-state index in [1.165, 1.54) is 99.1 Å². The lowest BCUT2D eigenvalue weighted by molar-refractivity contribution is 0.793. The highest BCUT2D eigenvalue weighted by Gasteiger charge is 2.51. The minimum atomic E-state index is -0.541. The van der Waals surface area contributed by atoms with Crippen LogP contribution in [0.25, 0.3) is 89.0 Å². The molecule has 0 amide bonds. The maximum Gasteiger partial charge on any atom is 0.0991 e. The highest BCUT2D eigenvalue weighted by molar-refractivity contribution is 6.23. The minimum Gasteiger partial charge on any atom is -0.310 e. The van der Waals surface area contributed by atoms with Gasteiger partial charge in [0.15, 0.2) is 0 Å². The second-order valence-electron chi connectivity index (χ2n) is 19.0. The van der Waals surface area contributed by atoms with Crippen LogP contribution in [0.5, 0.6) is 0 Å². The molecular weight excluding hydrogens is 869 g/mol. The minimum absolute atomic E-state index is 0.541. The Hall–Kier alpha value is -9.55. The first-order chi connectivity index (χ1) is 35.7. The van der Waals surface area contributed by atoms with Crippen molar-refractivity contribution >= 4 is 61.5 Å². The van der Waals surface area contributed by atoms with Gasteiger partial charge < -0.3 is 4.90 Å². The third-order valence-electron chi connectivity index (χ3n) is 15.3. The summed E-state index contributed by atoms with van der Waals surface area (Å²) in [5, 5.41) is 17.2. The maximum atomic E-state index is 9.68. The Morgan fingerprint density at radius 2 is 0.806 bits per heavy atom. The van der Waals surface area contributed by atoms with Crippen molar-refractivity contribution < 1.29 is 0 Å². The molecule has 72 heavy (non-hydrogen) atoms. The molecule has 2 heteroatoms. The first-order valence-corrected chi connectivity index (χ1v) is 24.7. The van der Waals surface area contributed by atoms with Crippen LogP contribution in [0.15, 0.2) is 255 Å². The topological polar surface area (TPSA) is 27.0 Å². The molecule has 0 heterocycles. The number of benzene rings is 12. The van der Waals surface area contributed by atoms with Crippen molar-refractivity contribution in [3.63, 3.8) is 0 Å². The summed E-state index contributed by atoms with van der Waals surface area (Å²) in [6.07, 6.45) is 4.53. The number of hydrogen-bond acceptors (Lipinski definition) is 2. The molecule has 12 aromatic rings. The SMILES string of the molecule is N#Cc1ccc(N(c2ccccc2)c2ccc3c(c2)C2(c4ccccc4-c4ccccc42)c2cc(/C=C/c4ccc(-c5c6ccccc6c(-c6cccc7ccccc67)c6ccccc56)cc4)ccc2-3)cc1. The molecule has 0 atom stereocenters. The molecule has 0 fully saturated rings. The Labute approximate surface area is 419 Å². The summed E-state index contributed by atoms with van der Waals surface area (Å²) in [4.78, 5) is 2.30. The lowest BCUT2D eigenvalue weighted by Gasteiger charge is -2.32. The van der Waals surface area contributed by atoms with Crippen LogP contribution in [0.1, 0.15) is 38.9 Å². The van der Waals surface area contributed by atoms with Crippen molar-refractivity contribution in [3.05, 3.63) is 294 Å². The van der Waals surface area contributed by atoms with Gasteiger partial charge in [0.1, 0.15) is 0 Å². The average Bonchev–Trinajstić information content (AvgIpc) is 3.92. The molecule has 0 bridgehead atoms. The molecule has 0 aromatic heterocycles. The second kappa shape index (κ2) is 16.6. The Morgan fingerprint density at radius 3 is 1.47 bits per heavy atom. The van der Waals surface area contributed by atoms with E-state index in [1.807, 2.05) is 24.3 Å². The van der Waals surface area contributed by atoms with Crippen molar-refractivity contribution in [2.75, 3.05) is 4.90 Å². The van der Waals surface area contributed by atoms with Crippen LogP contribution in [-0.4, -0.2) is 0 Å². The van der Waals surface area contributed by atoms with E-state index in [0.717, 1.165) is 28.2 Å². The van der Waals surface area contributed by atoms with E-state index in [2.05, 4.69) is 254 Å². The van der Waals surface area contributed by atoms with Crippen molar-refractivity contribution in [1.29, 1.82) is 5.26 Å². The lowest BCUT2D eigenvalue weighted by Crippen LogP contribution is -2.26. The molecule has 2 aliphatic rings. The van der Waals surface area contributed by atoms with E-state index < -0.39 is 5.41 Å². The molecule has 0 radical (unpaired) electrons. The van der Waals surface area contributed by atoms with Gasteiger partial charge in [-0.2, -0.15) is 5.26 Å². The van der Waals surface area contributed by atoms with Crippen molar-refractivity contribution in [2.24, 2.45) is 0 Å². The number of nitriles is 1. The number of para-hydroxylation sites is 1. The monoisotopic (exact) mass is 912 g/mol. The number of hydrogen-bond donors (Lipinski definition) is 0. The van der Waals surface area contributed by atoms with Gasteiger partial charge in [-0.3, -0.25) is 0 Å². The van der Waals surface area contributed by atoms with Gasteiger partial charge in [-0.15, -0.1) is 0 Å². The number of fused-ring (bicyclic) bond motifs is 13. The molecule has 1 spiro atoms. The predicted octanol–water partition coefficient (Wildman–Crippen LogP) is 18.3. The third kappa shape index (κ3) is 6.28. The lowest BCUT2D eigenvalue weighted by atomic mass is 9.70. The summed E-state index contributed by atoms with van der Waals surface area (Å²) >= 11 is 0. The van der Waals surface area contributed by atoms with Gasteiger partial charge in [-0.25, -0.2) is 0 Å². The van der Waals surface area contributed by atoms with Crippen molar-refractivity contribution in [2.45, 2.75) is 5.41 Å². The van der Waals surface area contributed by atoms with Crippen LogP contribution in [0, 0.1) is 11.3 Å². The van der Waals surface area contributed by atoms with Crippen molar-refractivity contribution in [1.82, 2.24) is 0 Å². The van der Waals surface area contributed by atoms with E-state index in [1.54, 1.807) is 0 Å². The Morgan fingerprint density at radius 1 is 0.333 bits per heavy atom. The number of nitrogens with zero attached hydrogens (tertiary/aromatic N) is 2. The smallest absolute Gasteiger partial charge is 0.0991 e. The molecule has 2 aliphatic carbocycles. The van der Waals surface area contributed by atoms with E-state index in [-0.39, 0.29) is 0 Å². The van der Waals surface area contributed by atoms with Gasteiger partial charge in [0.05, 0.1) is 17.0 Å². The van der Waals surface area contributed by atoms with Crippen LogP contribution in [-0.2, 0) is 5.41 Å². The summed E-state index contributed by atoms with van der Waals surface area (Å²) in [5.41, 5.74) is 20.7. The van der Waals surface area contributed by atoms with Crippen LogP contribution in [0.4, 0.5) is 17.1 Å². The van der Waals surface area contributed by atoms with Gasteiger partial charge in [0, 0.05) is 17.1 Å². The van der Waals surface area contributed by atoms with Gasteiger partial charge in [0.2, 0.25) is 0 Å². The molecule has 0 saturated carbocycles. The fraction of sp³-hybridized carbons (Fsp3) is 0.0143. The van der Waals surface area contributed by atoms with Gasteiger partial charge in [-0.05, 0) is 165 Å². The Bertz CT molecular complexity index is 4100. The zero-order chi connectivity index (χ0) is 47.8. The first kappa shape index (κ1) is 41.4. The van der Waals surface area contributed by atoms with Gasteiger partial charge in [0.25, 0.3) is 0 Å². The molecule has 334 valence electrons. The molecule has 0 unspecified atom stereocenters. The zero-order valence-corrected chi connectivity index (χ0v) is 39.3. The third-order valence-corrected chi connectivity index (χ3v) is 15.3. The van der Waals surface area contributed by atoms with Crippen LogP contribution >= 0.6 is 0 Å². The van der Waals surface area contributed by atoms with E-state index >= 15 is 0 Å². The largest absolute Gasteiger partial charge is 0.310 e. The van der Waals surface area contributed by atoms with Crippen molar-refractivity contribution in [3.8, 4) is 50.6 Å². The molecule has 0 aliphatic heterocycles. The molecule has 0 N–H and O–H groups in total. The van der Waals surface area contributed by atoms with Gasteiger partial charge >= 0.3 is 0 Å². The van der Waals surface area contributed by atoms with E-state index in [0.29, 0.717) is 5.56 Å². The van der Waals surface area contributed by atoms with E-state index in [4.69, 9.17) is 0 Å². The number of anilines is 3. The molecule has 2 nitrogen and oxygen atoms in total. The molecular formula is C70H44N2. The zero-order valence-electron chi connectivity index (χ0n) is 39.3. The van der Waals surface area contributed by atoms with Crippen LogP contribution < -0.4 is 4.90 Å². The summed E-state index contributed by atoms with van der Waals surface area (Å²) < 4.78 is 0. The summed E-state index contributed by atoms with van der Waals surface area (Å²) in [6.45, 7) is 0. The second-order valence-corrected chi connectivity index (χ2v) is 19.0. The predicted molar refractivity (Wildman–Crippen MR) is 301 cm³/mol. The molecule has 12 aromatic carbocycles. The van der Waals surface area contributed by atoms with Crippen LogP contribution in [0.2, 0.25) is 0 Å². The Kier molecular flexibility index (Phi) is 9.53. The Balaban J connectivity index is 0.875. The average molecular weight is 913 g/mol. The van der Waals surface area contributed by atoms with E-state index in [9.17, 15) is 5.26 Å². The highest BCUT2D eigenvalue weighted by Crippen LogP contribution is 2.63. The summed E-state index contributed by atoms with van der Waals surface area (Å²) in [6, 6.07) is 95.0. The van der Waals surface area contributed by atoms with Crippen LogP contribution in [0.3, 0.4) is 0 Å². The summed E-state index contributed by atoms with van der Waals surface area (Å²) in [7, 11) is 0. The normalized spacial score (nSPS) is 12.8. The first-order valence-electron chi connectivity index (χ1n) is 24.7. The maximum absolute atomic E-state index is 9.68. The molecule has 0 saturated heterocycles. The van der Waals surface area contributed by atoms with Gasteiger partial charge in [-0.1, -0.05) is 212 Å². The summed E-state index contributed by atoms with van der Waals surface area (Å²) in [5.74, 6) is 0.